The number of nitrogens with one attached hydrogen (secondary N) is 2. The third kappa shape index (κ3) is 4.21. The number of H-pyrrole nitrogens is 1. The van der Waals surface area contributed by atoms with Crippen LogP contribution in [0.25, 0.3) is 22.2 Å². The van der Waals surface area contributed by atoms with E-state index in [1.54, 1.807) is 0 Å². The molecule has 1 aromatic heterocycles. The van der Waals surface area contributed by atoms with Crippen molar-refractivity contribution in [3.05, 3.63) is 54.6 Å². The van der Waals surface area contributed by atoms with Crippen LogP contribution in [-0.2, 0) is 14.3 Å². The Hall–Kier alpha value is -3.12. The molecule has 0 saturated carbocycles. The molecule has 0 bridgehead atoms. The normalized spacial score (nSPS) is 19.6. The fourth-order valence-corrected chi connectivity index (χ4v) is 4.59. The van der Waals surface area contributed by atoms with E-state index < -0.39 is 0 Å². The van der Waals surface area contributed by atoms with Crippen molar-refractivity contribution < 1.29 is 14.3 Å². The molecule has 2 aliphatic rings. The topological polar surface area (TPSA) is 74.4 Å². The highest BCUT2D eigenvalue weighted by Gasteiger charge is 2.32. The first-order chi connectivity index (χ1) is 15.2. The first-order valence-electron chi connectivity index (χ1n) is 11.0. The Kier molecular flexibility index (Phi) is 5.47. The fourth-order valence-electron chi connectivity index (χ4n) is 4.59. The van der Waals surface area contributed by atoms with E-state index in [1.165, 1.54) is 0 Å². The monoisotopic (exact) mass is 417 g/mol. The Morgan fingerprint density at radius 2 is 1.81 bits per heavy atom. The van der Waals surface area contributed by atoms with E-state index in [4.69, 9.17) is 4.74 Å². The third-order valence-corrected chi connectivity index (χ3v) is 6.43. The lowest BCUT2D eigenvalue weighted by Gasteiger charge is -2.32. The highest BCUT2D eigenvalue weighted by Crippen LogP contribution is 2.27. The third-order valence-electron chi connectivity index (χ3n) is 6.43. The number of rotatable bonds is 4. The quantitative estimate of drug-likeness (QED) is 0.673. The van der Waals surface area contributed by atoms with Crippen LogP contribution >= 0.6 is 0 Å². The predicted octanol–water partition coefficient (Wildman–Crippen LogP) is 4.05. The molecule has 6 heteroatoms. The molecule has 2 saturated heterocycles. The van der Waals surface area contributed by atoms with Gasteiger partial charge in [-0.05, 0) is 43.5 Å². The lowest BCUT2D eigenvalue weighted by Crippen LogP contribution is -2.44. The van der Waals surface area contributed by atoms with Crippen LogP contribution in [0.15, 0.2) is 54.6 Å². The second kappa shape index (κ2) is 8.55. The van der Waals surface area contributed by atoms with Gasteiger partial charge < -0.3 is 19.9 Å². The highest BCUT2D eigenvalue weighted by atomic mass is 16.5. The van der Waals surface area contributed by atoms with Gasteiger partial charge in [-0.2, -0.15) is 0 Å². The Labute approximate surface area is 181 Å². The molecule has 2 aromatic carbocycles. The molecule has 0 aliphatic carbocycles. The zero-order valence-electron chi connectivity index (χ0n) is 17.5. The molecule has 0 radical (unpaired) electrons. The molecule has 2 fully saturated rings. The molecule has 2 N–H and O–H groups in total. The summed E-state index contributed by atoms with van der Waals surface area (Å²) < 4.78 is 5.34. The summed E-state index contributed by atoms with van der Waals surface area (Å²) in [5.41, 5.74) is 3.95. The van der Waals surface area contributed by atoms with Crippen molar-refractivity contribution in [1.29, 1.82) is 0 Å². The molecule has 0 unspecified atom stereocenters. The minimum atomic E-state index is -0.0689. The number of piperidine rings is 1. The largest absolute Gasteiger partial charge is 0.381 e. The van der Waals surface area contributed by atoms with Crippen molar-refractivity contribution in [1.82, 2.24) is 9.88 Å². The standard InChI is InChI=1S/C25H27N3O3/c29-24(17-8-11-28(12-9-17)25(30)20-10-13-31-16-20)26-21-6-3-5-18(14-21)23-15-19-4-1-2-7-22(19)27-23/h1-7,14-15,17,20,27H,8-13,16H2,(H,26,29)/t20-/m0/s1. The number of likely N-dealkylation sites (tertiary alicyclic amines) is 1. The number of carbonyl (C=O) groups excluding carboxylic acids is 2. The number of anilines is 1. The van der Waals surface area contributed by atoms with Crippen LogP contribution in [0.2, 0.25) is 0 Å². The van der Waals surface area contributed by atoms with Crippen molar-refractivity contribution >= 4 is 28.4 Å². The van der Waals surface area contributed by atoms with Gasteiger partial charge in [0.15, 0.2) is 0 Å². The minimum absolute atomic E-state index is 0.00208. The Bertz CT molecular complexity index is 1060. The zero-order valence-corrected chi connectivity index (χ0v) is 17.5. The first-order valence-corrected chi connectivity index (χ1v) is 11.0. The molecular formula is C25H27N3O3. The van der Waals surface area contributed by atoms with Crippen molar-refractivity contribution in [2.75, 3.05) is 31.6 Å². The molecule has 31 heavy (non-hydrogen) atoms. The number of hydrogen-bond acceptors (Lipinski definition) is 3. The van der Waals surface area contributed by atoms with Crippen LogP contribution in [0.5, 0.6) is 0 Å². The average molecular weight is 418 g/mol. The molecule has 3 heterocycles. The van der Waals surface area contributed by atoms with E-state index in [0.29, 0.717) is 39.1 Å². The number of carbonyl (C=O) groups is 2. The van der Waals surface area contributed by atoms with Gasteiger partial charge in [-0.15, -0.1) is 0 Å². The number of fused-ring (bicyclic) bond motifs is 1. The number of aromatic amines is 1. The Balaban J connectivity index is 1.21. The number of aromatic nitrogens is 1. The van der Waals surface area contributed by atoms with Gasteiger partial charge in [-0.25, -0.2) is 0 Å². The van der Waals surface area contributed by atoms with Crippen molar-refractivity contribution in [3.8, 4) is 11.3 Å². The van der Waals surface area contributed by atoms with Crippen molar-refractivity contribution in [2.45, 2.75) is 19.3 Å². The summed E-state index contributed by atoms with van der Waals surface area (Å²) in [6, 6.07) is 18.2. The molecule has 5 rings (SSSR count). The number of nitrogens with zero attached hydrogens (tertiary/aromatic N) is 1. The maximum absolute atomic E-state index is 12.8. The molecule has 2 aliphatic heterocycles. The SMILES string of the molecule is O=C(Nc1cccc(-c2cc3ccccc3[nH]2)c1)C1CCN(C(=O)[C@H]2CCOC2)CC1. The average Bonchev–Trinajstić information content (AvgIpc) is 3.49. The number of benzene rings is 2. The second-order valence-electron chi connectivity index (χ2n) is 8.50. The minimum Gasteiger partial charge on any atom is -0.381 e. The van der Waals surface area contributed by atoms with E-state index in [1.807, 2.05) is 41.3 Å². The van der Waals surface area contributed by atoms with E-state index >= 15 is 0 Å². The lowest BCUT2D eigenvalue weighted by atomic mass is 9.94. The first kappa shape index (κ1) is 19.8. The summed E-state index contributed by atoms with van der Waals surface area (Å²) in [6.45, 7) is 2.49. The molecular weight excluding hydrogens is 390 g/mol. The second-order valence-corrected chi connectivity index (χ2v) is 8.50. The maximum Gasteiger partial charge on any atom is 0.228 e. The highest BCUT2D eigenvalue weighted by molar-refractivity contribution is 5.94. The summed E-state index contributed by atoms with van der Waals surface area (Å²) in [5, 5.41) is 4.24. The van der Waals surface area contributed by atoms with Gasteiger partial charge in [0.2, 0.25) is 11.8 Å². The van der Waals surface area contributed by atoms with Gasteiger partial charge >= 0.3 is 0 Å². The molecule has 2 amide bonds. The van der Waals surface area contributed by atoms with Crippen LogP contribution in [0.3, 0.4) is 0 Å². The van der Waals surface area contributed by atoms with Crippen LogP contribution in [0.1, 0.15) is 19.3 Å². The summed E-state index contributed by atoms with van der Waals surface area (Å²) >= 11 is 0. The zero-order chi connectivity index (χ0) is 21.2. The lowest BCUT2D eigenvalue weighted by molar-refractivity contribution is -0.138. The molecule has 0 spiro atoms. The van der Waals surface area contributed by atoms with Gasteiger partial charge in [0.05, 0.1) is 12.5 Å². The van der Waals surface area contributed by atoms with Gasteiger partial charge in [0, 0.05) is 53.5 Å². The summed E-state index contributed by atoms with van der Waals surface area (Å²) in [6.07, 6.45) is 2.21. The van der Waals surface area contributed by atoms with Crippen LogP contribution < -0.4 is 5.32 Å². The van der Waals surface area contributed by atoms with E-state index in [-0.39, 0.29) is 23.7 Å². The summed E-state index contributed by atoms with van der Waals surface area (Å²) in [5.74, 6) is 0.144. The van der Waals surface area contributed by atoms with Crippen LogP contribution in [0.4, 0.5) is 5.69 Å². The number of para-hydroxylation sites is 1. The predicted molar refractivity (Wildman–Crippen MR) is 121 cm³/mol. The van der Waals surface area contributed by atoms with Gasteiger partial charge in [-0.1, -0.05) is 30.3 Å². The summed E-state index contributed by atoms with van der Waals surface area (Å²) in [4.78, 5) is 30.7. The molecule has 1 atom stereocenters. The molecule has 3 aromatic rings. The fraction of sp³-hybridized carbons (Fsp3) is 0.360. The Morgan fingerprint density at radius 1 is 0.968 bits per heavy atom. The molecule has 160 valence electrons. The van der Waals surface area contributed by atoms with E-state index in [2.05, 4.69) is 28.5 Å². The Morgan fingerprint density at radius 3 is 2.58 bits per heavy atom. The van der Waals surface area contributed by atoms with Crippen LogP contribution in [-0.4, -0.2) is 48.0 Å². The van der Waals surface area contributed by atoms with Crippen LogP contribution in [0, 0.1) is 11.8 Å². The van der Waals surface area contributed by atoms with Crippen molar-refractivity contribution in [2.24, 2.45) is 11.8 Å². The number of ether oxygens (including phenoxy) is 1. The summed E-state index contributed by atoms with van der Waals surface area (Å²) in [7, 11) is 0. The van der Waals surface area contributed by atoms with Crippen molar-refractivity contribution in [3.63, 3.8) is 0 Å². The van der Waals surface area contributed by atoms with E-state index in [9.17, 15) is 9.59 Å². The van der Waals surface area contributed by atoms with Gasteiger partial charge in [0.1, 0.15) is 0 Å². The van der Waals surface area contributed by atoms with Gasteiger partial charge in [0.25, 0.3) is 0 Å². The number of amides is 2. The van der Waals surface area contributed by atoms with E-state index in [0.717, 1.165) is 34.3 Å². The van der Waals surface area contributed by atoms with Gasteiger partial charge in [-0.3, -0.25) is 9.59 Å². The molecule has 6 nitrogen and oxygen atoms in total. The maximum atomic E-state index is 12.8. The smallest absolute Gasteiger partial charge is 0.228 e. The number of hydrogen-bond donors (Lipinski definition) is 2.